The zero-order valence-electron chi connectivity index (χ0n) is 9.74. The molecule has 0 bridgehead atoms. The van der Waals surface area contributed by atoms with Crippen LogP contribution >= 0.6 is 15.9 Å². The third-order valence-electron chi connectivity index (χ3n) is 3.66. The number of halogens is 3. The van der Waals surface area contributed by atoms with Gasteiger partial charge in [0, 0.05) is 10.9 Å². The molecular weight excluding hydrogens is 298 g/mol. The summed E-state index contributed by atoms with van der Waals surface area (Å²) in [6.45, 7) is 0. The van der Waals surface area contributed by atoms with Gasteiger partial charge in [0.25, 0.3) is 0 Å². The van der Waals surface area contributed by atoms with E-state index in [1.54, 1.807) is 6.08 Å². The van der Waals surface area contributed by atoms with Crippen LogP contribution in [0.15, 0.2) is 52.3 Å². The van der Waals surface area contributed by atoms with E-state index in [9.17, 15) is 8.78 Å². The summed E-state index contributed by atoms with van der Waals surface area (Å²) in [5.41, 5.74) is 1.94. The van der Waals surface area contributed by atoms with Crippen LogP contribution in [0, 0.1) is 5.92 Å². The highest BCUT2D eigenvalue weighted by atomic mass is 79.9. The van der Waals surface area contributed by atoms with Crippen molar-refractivity contribution in [2.24, 2.45) is 5.92 Å². The van der Waals surface area contributed by atoms with Crippen LogP contribution in [-0.2, 0) is 0 Å². The highest BCUT2D eigenvalue weighted by Gasteiger charge is 2.42. The molecule has 2 aliphatic carbocycles. The van der Waals surface area contributed by atoms with Gasteiger partial charge in [0.2, 0.25) is 0 Å². The maximum absolute atomic E-state index is 13.7. The molecule has 3 unspecified atom stereocenters. The Kier molecular flexibility index (Phi) is 3.10. The monoisotopic (exact) mass is 310 g/mol. The van der Waals surface area contributed by atoms with Crippen molar-refractivity contribution < 1.29 is 8.78 Å². The molecule has 2 aliphatic rings. The van der Waals surface area contributed by atoms with Crippen molar-refractivity contribution in [2.75, 3.05) is 0 Å². The molecule has 18 heavy (non-hydrogen) atoms. The van der Waals surface area contributed by atoms with Crippen LogP contribution in [0.1, 0.15) is 24.3 Å². The third-order valence-corrected chi connectivity index (χ3v) is 4.19. The molecule has 0 nitrogen and oxygen atoms in total. The Hall–Kier alpha value is -0.960. The van der Waals surface area contributed by atoms with Gasteiger partial charge in [-0.1, -0.05) is 34.1 Å². The van der Waals surface area contributed by atoms with Gasteiger partial charge in [-0.2, -0.15) is 0 Å². The van der Waals surface area contributed by atoms with Gasteiger partial charge < -0.3 is 0 Å². The van der Waals surface area contributed by atoms with Gasteiger partial charge in [-0.25, -0.2) is 8.78 Å². The van der Waals surface area contributed by atoms with E-state index in [2.05, 4.69) is 28.1 Å². The van der Waals surface area contributed by atoms with Gasteiger partial charge in [-0.3, -0.25) is 0 Å². The first-order chi connectivity index (χ1) is 8.65. The molecule has 0 spiro atoms. The summed E-state index contributed by atoms with van der Waals surface area (Å²) in [7, 11) is 0. The second-order valence-electron chi connectivity index (χ2n) is 4.94. The van der Waals surface area contributed by atoms with Crippen LogP contribution in [0.5, 0.6) is 0 Å². The smallest absolute Gasteiger partial charge is 0.125 e. The predicted molar refractivity (Wildman–Crippen MR) is 71.8 cm³/mol. The molecule has 0 aromatic heterocycles. The molecule has 94 valence electrons. The second-order valence-corrected chi connectivity index (χ2v) is 5.86. The highest BCUT2D eigenvalue weighted by Crippen LogP contribution is 2.54. The molecule has 3 rings (SSSR count). The molecule has 0 heterocycles. The van der Waals surface area contributed by atoms with E-state index in [0.717, 1.165) is 10.9 Å². The van der Waals surface area contributed by atoms with Crippen molar-refractivity contribution in [3.63, 3.8) is 0 Å². The minimum absolute atomic E-state index is 0.0879. The van der Waals surface area contributed by atoms with Crippen LogP contribution in [0.2, 0.25) is 0 Å². The molecule has 1 saturated carbocycles. The Morgan fingerprint density at radius 2 is 1.83 bits per heavy atom. The summed E-state index contributed by atoms with van der Waals surface area (Å²) in [4.78, 5) is 0. The molecule has 0 radical (unpaired) electrons. The van der Waals surface area contributed by atoms with Gasteiger partial charge in [-0.05, 0) is 47.6 Å². The van der Waals surface area contributed by atoms with Crippen molar-refractivity contribution in [3.05, 3.63) is 57.9 Å². The zero-order chi connectivity index (χ0) is 12.7. The standard InChI is InChI=1S/C15H13BrF2/c16-10-3-1-9(2-4-10)13-8-14(13)12-6-5-11(17)7-15(12)18/h1-6,11,13-14H,7-8H2. The summed E-state index contributed by atoms with van der Waals surface area (Å²) in [5, 5.41) is 0. The topological polar surface area (TPSA) is 0 Å². The Balaban J connectivity index is 1.77. The number of alkyl halides is 1. The molecule has 3 atom stereocenters. The van der Waals surface area contributed by atoms with E-state index < -0.39 is 6.17 Å². The number of hydrogen-bond donors (Lipinski definition) is 0. The fourth-order valence-electron chi connectivity index (χ4n) is 2.60. The van der Waals surface area contributed by atoms with Crippen molar-refractivity contribution in [1.82, 2.24) is 0 Å². The summed E-state index contributed by atoms with van der Waals surface area (Å²) < 4.78 is 27.8. The van der Waals surface area contributed by atoms with Crippen molar-refractivity contribution in [2.45, 2.75) is 24.9 Å². The Morgan fingerprint density at radius 3 is 2.50 bits per heavy atom. The van der Waals surface area contributed by atoms with E-state index >= 15 is 0 Å². The summed E-state index contributed by atoms with van der Waals surface area (Å²) >= 11 is 3.40. The average Bonchev–Trinajstić information content (AvgIpc) is 3.10. The summed E-state index contributed by atoms with van der Waals surface area (Å²) in [6, 6.07) is 8.14. The van der Waals surface area contributed by atoms with E-state index in [-0.39, 0.29) is 18.2 Å². The van der Waals surface area contributed by atoms with Crippen molar-refractivity contribution >= 4 is 15.9 Å². The molecule has 0 saturated heterocycles. The normalized spacial score (nSPS) is 30.7. The van der Waals surface area contributed by atoms with Gasteiger partial charge in [0.15, 0.2) is 0 Å². The number of rotatable bonds is 2. The van der Waals surface area contributed by atoms with Gasteiger partial charge >= 0.3 is 0 Å². The SMILES string of the molecule is FC1=C(C2CC2c2ccc(Br)cc2)C=CC(F)C1. The van der Waals surface area contributed by atoms with Crippen LogP contribution < -0.4 is 0 Å². The lowest BCUT2D eigenvalue weighted by Crippen LogP contribution is -2.04. The molecule has 0 aliphatic heterocycles. The molecule has 1 fully saturated rings. The van der Waals surface area contributed by atoms with Crippen molar-refractivity contribution in [1.29, 1.82) is 0 Å². The molecular formula is C15H13BrF2. The zero-order valence-corrected chi connectivity index (χ0v) is 11.3. The van der Waals surface area contributed by atoms with E-state index in [4.69, 9.17) is 0 Å². The first-order valence-corrected chi connectivity index (χ1v) is 6.90. The molecule has 1 aromatic carbocycles. The average molecular weight is 311 g/mol. The van der Waals surface area contributed by atoms with Crippen molar-refractivity contribution in [3.8, 4) is 0 Å². The van der Waals surface area contributed by atoms with Gasteiger partial charge in [0.1, 0.15) is 12.0 Å². The van der Waals surface area contributed by atoms with Gasteiger partial charge in [0.05, 0.1) is 0 Å². The van der Waals surface area contributed by atoms with Crippen LogP contribution in [0.25, 0.3) is 0 Å². The third kappa shape index (κ3) is 2.28. The largest absolute Gasteiger partial charge is 0.242 e. The predicted octanol–water partition coefficient (Wildman–Crippen LogP) is 5.07. The van der Waals surface area contributed by atoms with Crippen LogP contribution in [0.3, 0.4) is 0 Å². The van der Waals surface area contributed by atoms with Gasteiger partial charge in [-0.15, -0.1) is 0 Å². The van der Waals surface area contributed by atoms with Crippen LogP contribution in [-0.4, -0.2) is 6.17 Å². The Bertz CT molecular complexity index is 516. The Morgan fingerprint density at radius 1 is 1.11 bits per heavy atom. The second kappa shape index (κ2) is 4.61. The Labute approximate surface area is 114 Å². The maximum Gasteiger partial charge on any atom is 0.125 e. The maximum atomic E-state index is 13.7. The number of hydrogen-bond acceptors (Lipinski definition) is 0. The summed E-state index contributed by atoms with van der Waals surface area (Å²) in [5.74, 6) is 0.351. The first-order valence-electron chi connectivity index (χ1n) is 6.11. The van der Waals surface area contributed by atoms with E-state index in [0.29, 0.717) is 11.5 Å². The first kappa shape index (κ1) is 12.1. The minimum atomic E-state index is -1.15. The summed E-state index contributed by atoms with van der Waals surface area (Å²) in [6.07, 6.45) is 2.82. The highest BCUT2D eigenvalue weighted by molar-refractivity contribution is 9.10. The lowest BCUT2D eigenvalue weighted by Gasteiger charge is -2.12. The molecule has 0 N–H and O–H groups in total. The molecule has 3 heteroatoms. The van der Waals surface area contributed by atoms with Crippen LogP contribution in [0.4, 0.5) is 8.78 Å². The molecule has 1 aromatic rings. The fourth-order valence-corrected chi connectivity index (χ4v) is 2.86. The quantitative estimate of drug-likeness (QED) is 0.715. The number of benzene rings is 1. The van der Waals surface area contributed by atoms with E-state index in [1.807, 2.05) is 12.1 Å². The van der Waals surface area contributed by atoms with E-state index in [1.165, 1.54) is 11.6 Å². The lowest BCUT2D eigenvalue weighted by molar-refractivity contribution is 0.364. The lowest BCUT2D eigenvalue weighted by atomic mass is 9.98. The number of allylic oxidation sites excluding steroid dienone is 4. The molecule has 0 amide bonds. The fraction of sp³-hybridized carbons (Fsp3) is 0.333. The minimum Gasteiger partial charge on any atom is -0.242 e.